The monoisotopic (exact) mass is 535 g/mol. The molecule has 6 rings (SSSR count). The molecule has 1 aliphatic rings. The molecule has 198 valence electrons. The number of phenolic OH excluding ortho intramolecular Hbond substituents is 1. The van der Waals surface area contributed by atoms with E-state index in [0.717, 1.165) is 36.6 Å². The van der Waals surface area contributed by atoms with E-state index in [4.69, 9.17) is 9.47 Å². The van der Waals surface area contributed by atoms with Crippen molar-refractivity contribution in [2.24, 2.45) is 0 Å². The third-order valence-corrected chi connectivity index (χ3v) is 8.57. The van der Waals surface area contributed by atoms with E-state index in [1.165, 1.54) is 57.6 Å². The predicted molar refractivity (Wildman–Crippen MR) is 160 cm³/mol. The van der Waals surface area contributed by atoms with E-state index < -0.39 is 0 Å². The molecule has 0 spiro atoms. The first kappa shape index (κ1) is 25.5. The lowest BCUT2D eigenvalue weighted by atomic mass is 9.99. The highest BCUT2D eigenvalue weighted by Gasteiger charge is 2.16. The van der Waals surface area contributed by atoms with Crippen molar-refractivity contribution in [3.8, 4) is 27.7 Å². The number of likely N-dealkylation sites (tertiary alicyclic amines) is 1. The zero-order valence-electron chi connectivity index (χ0n) is 22.0. The van der Waals surface area contributed by atoms with E-state index in [9.17, 15) is 5.11 Å². The average molecular weight is 536 g/mol. The fraction of sp³-hybridized carbons (Fsp3) is 0.235. The maximum atomic E-state index is 9.77. The standard InChI is InChI=1S/C34H33NO3S/c36-28-12-8-25(9-13-28)22-32-31-17-16-30(38-24-26-6-2-1-3-7-26)23-33(31)39-34(32)27-10-14-29(15-11-27)37-21-20-35-18-4-5-19-35/h1-3,6-17,23,36H,4-5,18-22,24H2. The summed E-state index contributed by atoms with van der Waals surface area (Å²) in [5.74, 6) is 2.07. The largest absolute Gasteiger partial charge is 0.508 e. The molecule has 1 N–H and O–H groups in total. The molecular weight excluding hydrogens is 502 g/mol. The van der Waals surface area contributed by atoms with Crippen LogP contribution in [0.4, 0.5) is 0 Å². The maximum Gasteiger partial charge on any atom is 0.121 e. The van der Waals surface area contributed by atoms with Gasteiger partial charge in [-0.15, -0.1) is 11.3 Å². The molecule has 0 radical (unpaired) electrons. The van der Waals surface area contributed by atoms with Crippen molar-refractivity contribution in [3.05, 3.63) is 114 Å². The number of nitrogens with zero attached hydrogens (tertiary/aromatic N) is 1. The van der Waals surface area contributed by atoms with Crippen molar-refractivity contribution in [1.82, 2.24) is 4.90 Å². The molecule has 1 saturated heterocycles. The summed E-state index contributed by atoms with van der Waals surface area (Å²) in [4.78, 5) is 3.72. The van der Waals surface area contributed by atoms with Crippen LogP contribution in [0.25, 0.3) is 20.5 Å². The highest BCUT2D eigenvalue weighted by molar-refractivity contribution is 7.22. The van der Waals surface area contributed by atoms with Crippen LogP contribution in [0.5, 0.6) is 17.2 Å². The summed E-state index contributed by atoms with van der Waals surface area (Å²) in [5, 5.41) is 11.0. The van der Waals surface area contributed by atoms with Crippen molar-refractivity contribution in [2.45, 2.75) is 25.9 Å². The fourth-order valence-corrected chi connectivity index (χ4v) is 6.44. The van der Waals surface area contributed by atoms with Crippen molar-refractivity contribution < 1.29 is 14.6 Å². The zero-order chi connectivity index (χ0) is 26.4. The number of rotatable bonds is 10. The van der Waals surface area contributed by atoms with Crippen LogP contribution < -0.4 is 9.47 Å². The second-order valence-corrected chi connectivity index (χ2v) is 11.2. The van der Waals surface area contributed by atoms with Gasteiger partial charge in [0.25, 0.3) is 0 Å². The molecule has 0 bridgehead atoms. The van der Waals surface area contributed by atoms with Gasteiger partial charge in [-0.2, -0.15) is 0 Å². The Morgan fingerprint density at radius 1 is 0.744 bits per heavy atom. The Balaban J connectivity index is 1.25. The summed E-state index contributed by atoms with van der Waals surface area (Å²) in [6, 6.07) is 32.7. The van der Waals surface area contributed by atoms with Gasteiger partial charge in [0.1, 0.15) is 30.5 Å². The average Bonchev–Trinajstić information content (AvgIpc) is 3.62. The van der Waals surface area contributed by atoms with Crippen LogP contribution >= 0.6 is 11.3 Å². The first-order valence-corrected chi connectivity index (χ1v) is 14.5. The Morgan fingerprint density at radius 3 is 2.26 bits per heavy atom. The van der Waals surface area contributed by atoms with Gasteiger partial charge in [0, 0.05) is 16.1 Å². The molecule has 1 fully saturated rings. The zero-order valence-corrected chi connectivity index (χ0v) is 22.8. The van der Waals surface area contributed by atoms with E-state index in [0.29, 0.717) is 6.61 Å². The van der Waals surface area contributed by atoms with Crippen LogP contribution in [0.15, 0.2) is 97.1 Å². The van der Waals surface area contributed by atoms with Crippen LogP contribution in [0.2, 0.25) is 0 Å². The number of thiophene rings is 1. The van der Waals surface area contributed by atoms with Crippen molar-refractivity contribution in [3.63, 3.8) is 0 Å². The van der Waals surface area contributed by atoms with E-state index in [2.05, 4.69) is 59.5 Å². The summed E-state index contributed by atoms with van der Waals surface area (Å²) in [6.45, 7) is 4.64. The summed E-state index contributed by atoms with van der Waals surface area (Å²) >= 11 is 1.80. The Labute approximate surface area is 234 Å². The molecule has 1 aromatic heterocycles. The molecule has 0 atom stereocenters. The molecule has 5 heteroatoms. The van der Waals surface area contributed by atoms with Crippen molar-refractivity contribution in [2.75, 3.05) is 26.2 Å². The highest BCUT2D eigenvalue weighted by Crippen LogP contribution is 2.42. The van der Waals surface area contributed by atoms with Gasteiger partial charge in [-0.1, -0.05) is 42.5 Å². The molecule has 4 nitrogen and oxygen atoms in total. The summed E-state index contributed by atoms with van der Waals surface area (Å²) < 4.78 is 13.4. The van der Waals surface area contributed by atoms with Gasteiger partial charge in [-0.3, -0.25) is 4.90 Å². The third kappa shape index (κ3) is 6.27. The van der Waals surface area contributed by atoms with E-state index >= 15 is 0 Å². The predicted octanol–water partition coefficient (Wildman–Crippen LogP) is 7.92. The quantitative estimate of drug-likeness (QED) is 0.197. The van der Waals surface area contributed by atoms with Gasteiger partial charge >= 0.3 is 0 Å². The second kappa shape index (κ2) is 11.9. The van der Waals surface area contributed by atoms with E-state index in [-0.39, 0.29) is 5.75 Å². The lowest BCUT2D eigenvalue weighted by molar-refractivity contribution is 0.238. The van der Waals surface area contributed by atoms with Gasteiger partial charge in [0.05, 0.1) is 0 Å². The number of phenols is 1. The van der Waals surface area contributed by atoms with Crippen LogP contribution in [-0.2, 0) is 13.0 Å². The van der Waals surface area contributed by atoms with E-state index in [1.54, 1.807) is 23.5 Å². The number of hydrogen-bond donors (Lipinski definition) is 1. The van der Waals surface area contributed by atoms with Gasteiger partial charge < -0.3 is 14.6 Å². The van der Waals surface area contributed by atoms with Crippen LogP contribution in [0.3, 0.4) is 0 Å². The minimum atomic E-state index is 0.287. The molecule has 0 aliphatic carbocycles. The molecule has 0 amide bonds. The number of hydrogen-bond acceptors (Lipinski definition) is 5. The van der Waals surface area contributed by atoms with Crippen LogP contribution in [-0.4, -0.2) is 36.2 Å². The lowest BCUT2D eigenvalue weighted by Gasteiger charge is -2.15. The highest BCUT2D eigenvalue weighted by atomic mass is 32.1. The molecule has 5 aromatic rings. The normalized spacial score (nSPS) is 13.6. The number of ether oxygens (including phenoxy) is 2. The Morgan fingerprint density at radius 2 is 1.49 bits per heavy atom. The minimum Gasteiger partial charge on any atom is -0.508 e. The molecule has 0 saturated carbocycles. The number of fused-ring (bicyclic) bond motifs is 1. The molecule has 1 aliphatic heterocycles. The van der Waals surface area contributed by atoms with Gasteiger partial charge in [-0.25, -0.2) is 0 Å². The molecule has 2 heterocycles. The summed E-state index contributed by atoms with van der Waals surface area (Å²) in [7, 11) is 0. The Kier molecular flexibility index (Phi) is 7.80. The smallest absolute Gasteiger partial charge is 0.121 e. The van der Waals surface area contributed by atoms with Crippen molar-refractivity contribution in [1.29, 1.82) is 0 Å². The topological polar surface area (TPSA) is 41.9 Å². The second-order valence-electron chi connectivity index (χ2n) is 10.1. The Hall–Kier alpha value is -3.80. The van der Waals surface area contributed by atoms with Crippen LogP contribution in [0.1, 0.15) is 29.5 Å². The molecule has 0 unspecified atom stereocenters. The fourth-order valence-electron chi connectivity index (χ4n) is 5.19. The van der Waals surface area contributed by atoms with Crippen molar-refractivity contribution >= 4 is 21.4 Å². The lowest BCUT2D eigenvalue weighted by Crippen LogP contribution is -2.25. The molecule has 39 heavy (non-hydrogen) atoms. The van der Waals surface area contributed by atoms with Crippen LogP contribution in [0, 0.1) is 0 Å². The summed E-state index contributed by atoms with van der Waals surface area (Å²) in [6.07, 6.45) is 3.39. The van der Waals surface area contributed by atoms with Gasteiger partial charge in [-0.05, 0) is 115 Å². The first-order valence-electron chi connectivity index (χ1n) is 13.7. The van der Waals surface area contributed by atoms with Gasteiger partial charge in [0.2, 0.25) is 0 Å². The number of aromatic hydroxyl groups is 1. The SMILES string of the molecule is Oc1ccc(Cc2c(-c3ccc(OCCN4CCCC4)cc3)sc3cc(OCc4ccccc4)ccc23)cc1. The molecular formula is C34H33NO3S. The Bertz CT molecular complexity index is 1500. The first-order chi connectivity index (χ1) is 19.2. The maximum absolute atomic E-state index is 9.77. The summed E-state index contributed by atoms with van der Waals surface area (Å²) in [5.41, 5.74) is 4.79. The minimum absolute atomic E-state index is 0.287. The third-order valence-electron chi connectivity index (χ3n) is 7.32. The van der Waals surface area contributed by atoms with Gasteiger partial charge in [0.15, 0.2) is 0 Å². The molecule has 4 aromatic carbocycles. The number of benzene rings is 4. The van der Waals surface area contributed by atoms with E-state index in [1.807, 2.05) is 30.3 Å².